The van der Waals surface area contributed by atoms with Gasteiger partial charge in [-0.2, -0.15) is 5.10 Å². The van der Waals surface area contributed by atoms with Gasteiger partial charge in [0, 0.05) is 45.1 Å². The number of aromatic nitrogens is 2. The summed E-state index contributed by atoms with van der Waals surface area (Å²) in [6, 6.07) is 7.86. The number of hydrogen-bond acceptors (Lipinski definition) is 3. The number of halogens is 1. The normalized spacial score (nSPS) is 15.6. The molecular formula is C16H20FN5O. The van der Waals surface area contributed by atoms with Crippen molar-refractivity contribution >= 4 is 11.7 Å². The smallest absolute Gasteiger partial charge is 0.322 e. The van der Waals surface area contributed by atoms with Gasteiger partial charge in [0.25, 0.3) is 0 Å². The predicted octanol–water partition coefficient (Wildman–Crippen LogP) is 1.87. The molecule has 1 saturated heterocycles. The van der Waals surface area contributed by atoms with Crippen LogP contribution in [-0.2, 0) is 6.54 Å². The maximum atomic E-state index is 13.6. The highest BCUT2D eigenvalue weighted by atomic mass is 19.1. The second-order valence-electron chi connectivity index (χ2n) is 5.51. The number of benzene rings is 1. The Morgan fingerprint density at radius 3 is 2.61 bits per heavy atom. The fourth-order valence-corrected chi connectivity index (χ4v) is 2.61. The van der Waals surface area contributed by atoms with Crippen LogP contribution in [-0.4, -0.2) is 58.3 Å². The summed E-state index contributed by atoms with van der Waals surface area (Å²) in [5.41, 5.74) is 0.221. The van der Waals surface area contributed by atoms with Crippen LogP contribution in [0.2, 0.25) is 0 Å². The lowest BCUT2D eigenvalue weighted by Gasteiger charge is -2.34. The third-order valence-corrected chi connectivity index (χ3v) is 3.98. The molecular weight excluding hydrogens is 297 g/mol. The van der Waals surface area contributed by atoms with Crippen LogP contribution in [0.4, 0.5) is 14.9 Å². The highest BCUT2D eigenvalue weighted by Crippen LogP contribution is 2.13. The van der Waals surface area contributed by atoms with Crippen LogP contribution in [0.25, 0.3) is 0 Å². The lowest BCUT2D eigenvalue weighted by Crippen LogP contribution is -2.50. The van der Waals surface area contributed by atoms with Crippen molar-refractivity contribution in [3.8, 4) is 0 Å². The summed E-state index contributed by atoms with van der Waals surface area (Å²) in [5, 5.41) is 6.81. The minimum absolute atomic E-state index is 0.221. The van der Waals surface area contributed by atoms with Gasteiger partial charge >= 0.3 is 6.03 Å². The second-order valence-corrected chi connectivity index (χ2v) is 5.51. The first-order valence-electron chi connectivity index (χ1n) is 7.72. The van der Waals surface area contributed by atoms with Crippen LogP contribution in [0.3, 0.4) is 0 Å². The van der Waals surface area contributed by atoms with Gasteiger partial charge in [-0.25, -0.2) is 9.18 Å². The summed E-state index contributed by atoms with van der Waals surface area (Å²) < 4.78 is 15.5. The number of rotatable bonds is 4. The van der Waals surface area contributed by atoms with Crippen LogP contribution >= 0.6 is 0 Å². The molecule has 6 nitrogen and oxygen atoms in total. The van der Waals surface area contributed by atoms with Gasteiger partial charge in [-0.3, -0.25) is 9.58 Å². The van der Waals surface area contributed by atoms with Crippen LogP contribution < -0.4 is 5.32 Å². The Labute approximate surface area is 134 Å². The molecule has 3 rings (SSSR count). The van der Waals surface area contributed by atoms with E-state index in [0.717, 1.165) is 26.2 Å². The molecule has 2 heterocycles. The summed E-state index contributed by atoms with van der Waals surface area (Å²) in [4.78, 5) is 16.2. The zero-order chi connectivity index (χ0) is 16.1. The average Bonchev–Trinajstić information content (AvgIpc) is 3.09. The monoisotopic (exact) mass is 317 g/mol. The Bertz CT molecular complexity index is 638. The number of nitrogens with one attached hydrogen (secondary N) is 1. The van der Waals surface area contributed by atoms with Gasteiger partial charge < -0.3 is 10.2 Å². The molecule has 0 bridgehead atoms. The number of para-hydroxylation sites is 1. The van der Waals surface area contributed by atoms with E-state index in [9.17, 15) is 9.18 Å². The number of hydrogen-bond donors (Lipinski definition) is 1. The third-order valence-electron chi connectivity index (χ3n) is 3.98. The fourth-order valence-electron chi connectivity index (χ4n) is 2.61. The minimum atomic E-state index is -0.418. The van der Waals surface area contributed by atoms with Crippen molar-refractivity contribution in [1.29, 1.82) is 0 Å². The zero-order valence-electron chi connectivity index (χ0n) is 12.9. The molecule has 1 aliphatic heterocycles. The van der Waals surface area contributed by atoms with Crippen molar-refractivity contribution in [2.45, 2.75) is 6.54 Å². The van der Waals surface area contributed by atoms with Gasteiger partial charge in [0.15, 0.2) is 0 Å². The quantitative estimate of drug-likeness (QED) is 0.937. The summed E-state index contributed by atoms with van der Waals surface area (Å²) in [5.74, 6) is -0.418. The van der Waals surface area contributed by atoms with Crippen molar-refractivity contribution in [1.82, 2.24) is 19.6 Å². The van der Waals surface area contributed by atoms with Gasteiger partial charge in [-0.15, -0.1) is 0 Å². The SMILES string of the molecule is O=C(Nc1ccccc1F)N1CCN(CCn2cccn2)CC1. The van der Waals surface area contributed by atoms with E-state index >= 15 is 0 Å². The molecule has 0 spiro atoms. The number of nitrogens with zero attached hydrogens (tertiary/aromatic N) is 4. The van der Waals surface area contributed by atoms with Crippen LogP contribution in [0.15, 0.2) is 42.7 Å². The highest BCUT2D eigenvalue weighted by Gasteiger charge is 2.21. The van der Waals surface area contributed by atoms with Crippen molar-refractivity contribution < 1.29 is 9.18 Å². The number of urea groups is 1. The van der Waals surface area contributed by atoms with Gasteiger partial charge in [0.05, 0.1) is 12.2 Å². The van der Waals surface area contributed by atoms with Crippen LogP contribution in [0, 0.1) is 5.82 Å². The Balaban J connectivity index is 1.45. The van der Waals surface area contributed by atoms with E-state index in [0.29, 0.717) is 13.1 Å². The molecule has 0 saturated carbocycles. The molecule has 1 N–H and O–H groups in total. The molecule has 1 fully saturated rings. The number of amides is 2. The van der Waals surface area contributed by atoms with Gasteiger partial charge in [0.2, 0.25) is 0 Å². The molecule has 1 aliphatic rings. The third kappa shape index (κ3) is 4.07. The maximum absolute atomic E-state index is 13.6. The van der Waals surface area contributed by atoms with E-state index in [1.54, 1.807) is 29.3 Å². The van der Waals surface area contributed by atoms with E-state index in [2.05, 4.69) is 15.3 Å². The first kappa shape index (κ1) is 15.5. The molecule has 2 aromatic rings. The Hall–Kier alpha value is -2.41. The van der Waals surface area contributed by atoms with Crippen molar-refractivity contribution in [3.63, 3.8) is 0 Å². The average molecular weight is 317 g/mol. The first-order chi connectivity index (χ1) is 11.2. The molecule has 0 radical (unpaired) electrons. The van der Waals surface area contributed by atoms with Crippen molar-refractivity contribution in [2.24, 2.45) is 0 Å². The topological polar surface area (TPSA) is 53.4 Å². The summed E-state index contributed by atoms with van der Waals surface area (Å²) in [6.07, 6.45) is 3.71. The highest BCUT2D eigenvalue weighted by molar-refractivity contribution is 5.89. The number of carbonyl (C=O) groups is 1. The largest absolute Gasteiger partial charge is 0.322 e. The second kappa shape index (κ2) is 7.23. The standard InChI is InChI=1S/C16H20FN5O/c17-14-4-1-2-5-15(14)19-16(23)21-11-8-20(9-12-21)10-13-22-7-3-6-18-22/h1-7H,8-13H2,(H,19,23). The lowest BCUT2D eigenvalue weighted by molar-refractivity contribution is 0.143. The Morgan fingerprint density at radius 1 is 1.13 bits per heavy atom. The Kier molecular flexibility index (Phi) is 4.87. The van der Waals surface area contributed by atoms with Crippen LogP contribution in [0.5, 0.6) is 0 Å². The predicted molar refractivity (Wildman–Crippen MR) is 85.7 cm³/mol. The molecule has 7 heteroatoms. The van der Waals surface area contributed by atoms with E-state index in [1.807, 2.05) is 16.9 Å². The number of piperazine rings is 1. The van der Waals surface area contributed by atoms with Crippen molar-refractivity contribution in [2.75, 3.05) is 38.0 Å². The van der Waals surface area contributed by atoms with E-state index in [1.165, 1.54) is 6.07 Å². The summed E-state index contributed by atoms with van der Waals surface area (Å²) >= 11 is 0. The summed E-state index contributed by atoms with van der Waals surface area (Å²) in [6.45, 7) is 4.65. The molecule has 1 aromatic carbocycles. The summed E-state index contributed by atoms with van der Waals surface area (Å²) in [7, 11) is 0. The van der Waals surface area contributed by atoms with E-state index < -0.39 is 5.82 Å². The Morgan fingerprint density at radius 2 is 1.91 bits per heavy atom. The number of anilines is 1. The minimum Gasteiger partial charge on any atom is -0.322 e. The lowest BCUT2D eigenvalue weighted by atomic mass is 10.3. The van der Waals surface area contributed by atoms with E-state index in [4.69, 9.17) is 0 Å². The van der Waals surface area contributed by atoms with E-state index in [-0.39, 0.29) is 11.7 Å². The van der Waals surface area contributed by atoms with Crippen LogP contribution in [0.1, 0.15) is 0 Å². The fraction of sp³-hybridized carbons (Fsp3) is 0.375. The molecule has 23 heavy (non-hydrogen) atoms. The first-order valence-corrected chi connectivity index (χ1v) is 7.72. The number of carbonyl (C=O) groups excluding carboxylic acids is 1. The maximum Gasteiger partial charge on any atom is 0.322 e. The molecule has 1 aromatic heterocycles. The zero-order valence-corrected chi connectivity index (χ0v) is 12.9. The molecule has 0 unspecified atom stereocenters. The van der Waals surface area contributed by atoms with Gasteiger partial charge in [0.1, 0.15) is 5.82 Å². The molecule has 122 valence electrons. The van der Waals surface area contributed by atoms with Gasteiger partial charge in [-0.1, -0.05) is 12.1 Å². The van der Waals surface area contributed by atoms with Gasteiger partial charge in [-0.05, 0) is 18.2 Å². The molecule has 0 aliphatic carbocycles. The van der Waals surface area contributed by atoms with Crippen molar-refractivity contribution in [3.05, 3.63) is 48.5 Å². The molecule has 0 atom stereocenters. The molecule has 2 amide bonds.